The van der Waals surface area contributed by atoms with E-state index in [0.29, 0.717) is 0 Å². The van der Waals surface area contributed by atoms with Crippen molar-refractivity contribution in [3.63, 3.8) is 0 Å². The molecule has 17 heavy (non-hydrogen) atoms. The maximum atomic E-state index is 5.54. The highest BCUT2D eigenvalue weighted by atomic mass is 28.5. The Hall–Kier alpha value is -0.246. The summed E-state index contributed by atoms with van der Waals surface area (Å²) in [7, 11) is 2.67. The van der Waals surface area contributed by atoms with Crippen LogP contribution in [0, 0.1) is 12.3 Å². The van der Waals surface area contributed by atoms with E-state index < -0.39 is 22.8 Å². The third kappa shape index (κ3) is 2.96. The summed E-state index contributed by atoms with van der Waals surface area (Å²) in [6.07, 6.45) is 5.54. The molecule has 0 bridgehead atoms. The predicted molar refractivity (Wildman–Crippen MR) is 66.1 cm³/mol. The highest BCUT2D eigenvalue weighted by molar-refractivity contribution is 6.83. The minimum Gasteiger partial charge on any atom is -0.376 e. The minimum atomic E-state index is -3.09. The van der Waals surface area contributed by atoms with Gasteiger partial charge in [0.2, 0.25) is 0 Å². The Labute approximate surface area is 105 Å². The van der Waals surface area contributed by atoms with Crippen LogP contribution in [0.1, 0.15) is 0 Å². The summed E-state index contributed by atoms with van der Waals surface area (Å²) in [4.78, 5) is 0. The third-order valence-corrected chi connectivity index (χ3v) is 9.86. The van der Waals surface area contributed by atoms with E-state index >= 15 is 0 Å². The lowest BCUT2D eigenvalue weighted by molar-refractivity contribution is 0.0883. The average Bonchev–Trinajstić information content (AvgIpc) is 2.40. The Kier molecular flexibility index (Phi) is 7.14. The van der Waals surface area contributed by atoms with E-state index in [2.05, 4.69) is 5.92 Å². The van der Waals surface area contributed by atoms with Gasteiger partial charge in [0.25, 0.3) is 0 Å². The first-order valence-corrected chi connectivity index (χ1v) is 8.43. The fourth-order valence-corrected chi connectivity index (χ4v) is 8.30. The molecule has 8 heteroatoms. The molecule has 0 saturated carbocycles. The van der Waals surface area contributed by atoms with E-state index in [1.165, 1.54) is 42.7 Å². The van der Waals surface area contributed by atoms with Crippen LogP contribution in [0.5, 0.6) is 0 Å². The molecule has 0 saturated heterocycles. The lowest BCUT2D eigenvalue weighted by atomic mass is 10.8. The molecule has 0 N–H and O–H groups in total. The van der Waals surface area contributed by atoms with E-state index in [1.54, 1.807) is 0 Å². The first-order chi connectivity index (χ1) is 8.06. The van der Waals surface area contributed by atoms with Crippen molar-refractivity contribution in [1.82, 2.24) is 0 Å². The average molecular weight is 280 g/mol. The Balaban J connectivity index is 5.50. The molecule has 0 heterocycles. The fraction of sp³-hybridized carbons (Fsp3) is 0.778. The molecule has 0 aliphatic rings. The molecule has 0 fully saturated rings. The van der Waals surface area contributed by atoms with Crippen molar-refractivity contribution in [3.05, 3.63) is 0 Å². The Bertz CT molecular complexity index is 222. The Morgan fingerprint density at radius 1 is 0.706 bits per heavy atom. The molecular formula is C9H20O6Si2. The van der Waals surface area contributed by atoms with Crippen molar-refractivity contribution in [2.75, 3.05) is 42.7 Å². The van der Waals surface area contributed by atoms with Crippen LogP contribution in [0.3, 0.4) is 0 Å². The van der Waals surface area contributed by atoms with Crippen LogP contribution in [-0.2, 0) is 26.6 Å². The van der Waals surface area contributed by atoms with Gasteiger partial charge in [-0.05, 0) is 0 Å². The molecule has 0 unspecified atom stereocenters. The van der Waals surface area contributed by atoms with E-state index in [1.807, 2.05) is 0 Å². The van der Waals surface area contributed by atoms with Crippen LogP contribution < -0.4 is 0 Å². The van der Waals surface area contributed by atoms with E-state index in [-0.39, 0.29) is 0 Å². The number of terminal acetylenes is 1. The maximum Gasteiger partial charge on any atom is 0.520 e. The van der Waals surface area contributed by atoms with Gasteiger partial charge >= 0.3 is 17.6 Å². The van der Waals surface area contributed by atoms with E-state index in [4.69, 9.17) is 33.0 Å². The normalized spacial score (nSPS) is 12.8. The molecule has 0 aromatic rings. The van der Waals surface area contributed by atoms with E-state index in [9.17, 15) is 0 Å². The van der Waals surface area contributed by atoms with E-state index in [0.717, 1.165) is 0 Å². The predicted octanol–water partition coefficient (Wildman–Crippen LogP) is 0.285. The standard InChI is InChI=1S/C9H20O6Si2/c1-8-9(16(10-2,11-3)12-4)17(13-5,14-6)15-7/h1,9H,2-7H3. The SMILES string of the molecule is C#CC([Si](OC)(OC)OC)[Si](OC)(OC)OC. The fourth-order valence-electron chi connectivity index (χ4n) is 1.63. The molecular weight excluding hydrogens is 260 g/mol. The van der Waals surface area contributed by atoms with Gasteiger partial charge in [-0.15, -0.1) is 6.42 Å². The molecule has 0 aromatic carbocycles. The number of rotatable bonds is 8. The van der Waals surface area contributed by atoms with Crippen molar-refractivity contribution in [2.45, 2.75) is 5.16 Å². The molecule has 0 amide bonds. The summed E-state index contributed by atoms with van der Waals surface area (Å²) in [5, 5.41) is -0.630. The molecule has 0 aromatic heterocycles. The lowest BCUT2D eigenvalue weighted by Crippen LogP contribution is -2.61. The molecule has 0 spiro atoms. The van der Waals surface area contributed by atoms with Crippen LogP contribution in [0.15, 0.2) is 0 Å². The zero-order chi connectivity index (χ0) is 13.5. The van der Waals surface area contributed by atoms with Gasteiger partial charge < -0.3 is 26.6 Å². The van der Waals surface area contributed by atoms with Crippen LogP contribution in [0.4, 0.5) is 0 Å². The van der Waals surface area contributed by atoms with Crippen LogP contribution >= 0.6 is 0 Å². The zero-order valence-corrected chi connectivity index (χ0v) is 13.1. The van der Waals surface area contributed by atoms with Gasteiger partial charge in [0.05, 0.1) is 0 Å². The Morgan fingerprint density at radius 3 is 1.06 bits per heavy atom. The number of hydrogen-bond donors (Lipinski definition) is 0. The summed E-state index contributed by atoms with van der Waals surface area (Å²) in [5.41, 5.74) is 0. The van der Waals surface area contributed by atoms with Crippen molar-refractivity contribution < 1.29 is 26.6 Å². The zero-order valence-electron chi connectivity index (χ0n) is 11.1. The van der Waals surface area contributed by atoms with Gasteiger partial charge in [-0.25, -0.2) is 0 Å². The summed E-state index contributed by atoms with van der Waals surface area (Å²) in [6, 6.07) is 0. The van der Waals surface area contributed by atoms with Gasteiger partial charge in [0, 0.05) is 42.7 Å². The highest BCUT2D eigenvalue weighted by Gasteiger charge is 2.63. The number of hydrogen-bond acceptors (Lipinski definition) is 6. The molecule has 0 radical (unpaired) electrons. The molecule has 6 nitrogen and oxygen atoms in total. The topological polar surface area (TPSA) is 55.4 Å². The van der Waals surface area contributed by atoms with Gasteiger partial charge in [-0.2, -0.15) is 0 Å². The smallest absolute Gasteiger partial charge is 0.376 e. The first-order valence-electron chi connectivity index (χ1n) is 4.83. The highest BCUT2D eigenvalue weighted by Crippen LogP contribution is 2.34. The first kappa shape index (κ1) is 16.8. The van der Waals surface area contributed by atoms with Crippen molar-refractivity contribution >= 4 is 17.6 Å². The molecule has 0 rings (SSSR count). The summed E-state index contributed by atoms with van der Waals surface area (Å²) in [6.45, 7) is 0. The summed E-state index contributed by atoms with van der Waals surface area (Å²) < 4.78 is 32.1. The second-order valence-corrected chi connectivity index (χ2v) is 9.63. The van der Waals surface area contributed by atoms with Crippen molar-refractivity contribution in [1.29, 1.82) is 0 Å². The molecule has 0 atom stereocenters. The van der Waals surface area contributed by atoms with Crippen LogP contribution in [0.25, 0.3) is 0 Å². The Morgan fingerprint density at radius 2 is 0.941 bits per heavy atom. The molecule has 100 valence electrons. The van der Waals surface area contributed by atoms with Gasteiger partial charge in [-0.1, -0.05) is 5.92 Å². The molecule has 0 aliphatic heterocycles. The summed E-state index contributed by atoms with van der Waals surface area (Å²) in [5.74, 6) is 2.56. The van der Waals surface area contributed by atoms with Crippen molar-refractivity contribution in [2.24, 2.45) is 0 Å². The third-order valence-electron chi connectivity index (χ3n) is 2.58. The van der Waals surface area contributed by atoms with Crippen molar-refractivity contribution in [3.8, 4) is 12.3 Å². The monoisotopic (exact) mass is 280 g/mol. The van der Waals surface area contributed by atoms with Gasteiger partial charge in [0.1, 0.15) is 0 Å². The maximum absolute atomic E-state index is 5.54. The van der Waals surface area contributed by atoms with Gasteiger partial charge in [-0.3, -0.25) is 0 Å². The van der Waals surface area contributed by atoms with Crippen LogP contribution in [-0.4, -0.2) is 60.3 Å². The largest absolute Gasteiger partial charge is 0.520 e. The molecule has 0 aliphatic carbocycles. The minimum absolute atomic E-state index is 0.630. The second kappa shape index (κ2) is 7.25. The van der Waals surface area contributed by atoms with Gasteiger partial charge in [0.15, 0.2) is 5.16 Å². The second-order valence-electron chi connectivity index (χ2n) is 3.03. The summed E-state index contributed by atoms with van der Waals surface area (Å²) >= 11 is 0. The lowest BCUT2D eigenvalue weighted by Gasteiger charge is -2.36. The quantitative estimate of drug-likeness (QED) is 0.470. The van der Waals surface area contributed by atoms with Crippen LogP contribution in [0.2, 0.25) is 5.16 Å².